The normalized spacial score (nSPS) is 16.4. The van der Waals surface area contributed by atoms with Crippen molar-refractivity contribution in [2.45, 2.75) is 23.8 Å². The van der Waals surface area contributed by atoms with Crippen LogP contribution in [0.1, 0.15) is 23.6 Å². The Labute approximate surface area is 146 Å². The zero-order chi connectivity index (χ0) is 18.0. The van der Waals surface area contributed by atoms with Crippen molar-refractivity contribution in [1.29, 1.82) is 0 Å². The van der Waals surface area contributed by atoms with E-state index in [0.717, 1.165) is 17.5 Å². The summed E-state index contributed by atoms with van der Waals surface area (Å²) in [4.78, 5) is 10.2. The molecule has 25 heavy (non-hydrogen) atoms. The van der Waals surface area contributed by atoms with Gasteiger partial charge in [0.05, 0.1) is 22.4 Å². The van der Waals surface area contributed by atoms with E-state index < -0.39 is 14.9 Å². The molecule has 0 fully saturated rings. The number of nitro groups is 1. The molecule has 7 heteroatoms. The number of nitrogens with zero attached hydrogens (tertiary/aromatic N) is 2. The fourth-order valence-electron chi connectivity index (χ4n) is 3.16. The molecule has 1 aliphatic rings. The van der Waals surface area contributed by atoms with Crippen LogP contribution in [0.3, 0.4) is 0 Å². The molecule has 1 aliphatic carbocycles. The maximum atomic E-state index is 13.1. The van der Waals surface area contributed by atoms with E-state index in [1.807, 2.05) is 24.3 Å². The van der Waals surface area contributed by atoms with Gasteiger partial charge in [-0.05, 0) is 36.1 Å². The predicted octanol–water partition coefficient (Wildman–Crippen LogP) is 2.91. The number of sulfonamides is 1. The van der Waals surface area contributed by atoms with Crippen LogP contribution >= 0.6 is 0 Å². The van der Waals surface area contributed by atoms with Gasteiger partial charge < -0.3 is 0 Å². The highest BCUT2D eigenvalue weighted by Crippen LogP contribution is 2.38. The number of benzene rings is 2. The van der Waals surface area contributed by atoms with Crippen molar-refractivity contribution in [3.05, 3.63) is 69.8 Å². The van der Waals surface area contributed by atoms with E-state index in [1.54, 1.807) is 0 Å². The maximum absolute atomic E-state index is 13.1. The maximum Gasteiger partial charge on any atom is 0.269 e. The number of fused-ring (bicyclic) bond motifs is 1. The van der Waals surface area contributed by atoms with Crippen LogP contribution in [0.25, 0.3) is 0 Å². The molecule has 0 aliphatic heterocycles. The molecule has 6 nitrogen and oxygen atoms in total. The topological polar surface area (TPSA) is 80.5 Å². The van der Waals surface area contributed by atoms with Gasteiger partial charge in [0.2, 0.25) is 10.0 Å². The third-order valence-corrected chi connectivity index (χ3v) is 6.22. The van der Waals surface area contributed by atoms with Gasteiger partial charge in [-0.25, -0.2) is 8.42 Å². The molecule has 0 aromatic heterocycles. The summed E-state index contributed by atoms with van der Waals surface area (Å²) < 4.78 is 27.4. The van der Waals surface area contributed by atoms with Crippen molar-refractivity contribution in [3.63, 3.8) is 0 Å². The third-order valence-electron chi connectivity index (χ3n) is 4.35. The van der Waals surface area contributed by atoms with Crippen LogP contribution in [0.2, 0.25) is 0 Å². The van der Waals surface area contributed by atoms with Gasteiger partial charge in [-0.15, -0.1) is 6.42 Å². The van der Waals surface area contributed by atoms with Crippen LogP contribution < -0.4 is 0 Å². The Morgan fingerprint density at radius 1 is 1.20 bits per heavy atom. The molecule has 0 saturated heterocycles. The number of aryl methyl sites for hydroxylation is 1. The lowest BCUT2D eigenvalue weighted by atomic mass is 10.1. The standard InChI is InChI=1S/C18H16N2O4S/c1-2-13-19(18-12-7-14-5-3-4-6-17(14)18)25(23,24)16-10-8-15(9-11-16)20(21)22/h1,3-6,8-11,18H,7,12-13H2/t18-/m1/s1. The Balaban J connectivity index is 2.00. The molecule has 0 saturated carbocycles. The first-order valence-corrected chi connectivity index (χ1v) is 9.16. The van der Waals surface area contributed by atoms with Crippen LogP contribution in [-0.2, 0) is 16.4 Å². The summed E-state index contributed by atoms with van der Waals surface area (Å²) in [6.45, 7) is -0.0572. The van der Waals surface area contributed by atoms with E-state index in [1.165, 1.54) is 28.6 Å². The van der Waals surface area contributed by atoms with E-state index in [0.29, 0.717) is 6.42 Å². The molecule has 0 N–H and O–H groups in total. The number of rotatable bonds is 5. The Morgan fingerprint density at radius 2 is 1.88 bits per heavy atom. The minimum atomic E-state index is -3.86. The summed E-state index contributed by atoms with van der Waals surface area (Å²) in [7, 11) is -3.86. The quantitative estimate of drug-likeness (QED) is 0.469. The van der Waals surface area contributed by atoms with Crippen molar-refractivity contribution in [3.8, 4) is 12.3 Å². The number of terminal acetylenes is 1. The molecular weight excluding hydrogens is 340 g/mol. The lowest BCUT2D eigenvalue weighted by molar-refractivity contribution is -0.384. The smallest absolute Gasteiger partial charge is 0.258 e. The Hall–Kier alpha value is -2.69. The first-order chi connectivity index (χ1) is 11.9. The van der Waals surface area contributed by atoms with E-state index in [9.17, 15) is 18.5 Å². The zero-order valence-corrected chi connectivity index (χ0v) is 14.1. The van der Waals surface area contributed by atoms with Gasteiger partial charge in [0.15, 0.2) is 0 Å². The molecule has 2 aromatic carbocycles. The molecule has 0 spiro atoms. The lowest BCUT2D eigenvalue weighted by Crippen LogP contribution is -2.34. The van der Waals surface area contributed by atoms with Gasteiger partial charge in [0.25, 0.3) is 5.69 Å². The van der Waals surface area contributed by atoms with Crippen molar-refractivity contribution in [2.75, 3.05) is 6.54 Å². The van der Waals surface area contributed by atoms with Crippen molar-refractivity contribution >= 4 is 15.7 Å². The van der Waals surface area contributed by atoms with Crippen LogP contribution in [0.15, 0.2) is 53.4 Å². The van der Waals surface area contributed by atoms with Crippen LogP contribution in [0.4, 0.5) is 5.69 Å². The average molecular weight is 356 g/mol. The second-order valence-corrected chi connectivity index (χ2v) is 7.65. The van der Waals surface area contributed by atoms with Crippen LogP contribution in [0, 0.1) is 22.5 Å². The number of hydrogen-bond donors (Lipinski definition) is 0. The van der Waals surface area contributed by atoms with Gasteiger partial charge >= 0.3 is 0 Å². The molecule has 0 radical (unpaired) electrons. The second-order valence-electron chi connectivity index (χ2n) is 5.76. The second kappa shape index (κ2) is 6.67. The highest BCUT2D eigenvalue weighted by Gasteiger charge is 2.35. The number of hydrogen-bond acceptors (Lipinski definition) is 4. The Morgan fingerprint density at radius 3 is 2.52 bits per heavy atom. The zero-order valence-electron chi connectivity index (χ0n) is 13.3. The fourth-order valence-corrected chi connectivity index (χ4v) is 4.71. The largest absolute Gasteiger partial charge is 0.269 e. The molecule has 2 aromatic rings. The molecule has 0 bridgehead atoms. The van der Waals surface area contributed by atoms with E-state index >= 15 is 0 Å². The summed E-state index contributed by atoms with van der Waals surface area (Å²) in [5, 5.41) is 10.8. The summed E-state index contributed by atoms with van der Waals surface area (Å²) in [6, 6.07) is 12.3. The summed E-state index contributed by atoms with van der Waals surface area (Å²) in [5.41, 5.74) is 1.92. The summed E-state index contributed by atoms with van der Waals surface area (Å²) >= 11 is 0. The highest BCUT2D eigenvalue weighted by molar-refractivity contribution is 7.89. The van der Waals surface area contributed by atoms with Crippen molar-refractivity contribution in [1.82, 2.24) is 4.31 Å². The third kappa shape index (κ3) is 3.14. The van der Waals surface area contributed by atoms with Crippen LogP contribution in [0.5, 0.6) is 0 Å². The number of nitro benzene ring substituents is 1. The fraction of sp³-hybridized carbons (Fsp3) is 0.222. The van der Waals surface area contributed by atoms with Gasteiger partial charge in [-0.1, -0.05) is 30.2 Å². The molecular formula is C18H16N2O4S. The molecule has 1 atom stereocenters. The van der Waals surface area contributed by atoms with Gasteiger partial charge in [0, 0.05) is 12.1 Å². The Bertz CT molecular complexity index is 946. The van der Waals surface area contributed by atoms with Crippen molar-refractivity contribution in [2.24, 2.45) is 0 Å². The molecule has 0 unspecified atom stereocenters. The summed E-state index contributed by atoms with van der Waals surface area (Å²) in [6.07, 6.45) is 6.86. The monoisotopic (exact) mass is 356 g/mol. The lowest BCUT2D eigenvalue weighted by Gasteiger charge is -2.27. The molecule has 128 valence electrons. The van der Waals surface area contributed by atoms with Gasteiger partial charge in [-0.2, -0.15) is 4.31 Å². The molecule has 0 heterocycles. The van der Waals surface area contributed by atoms with Crippen LogP contribution in [-0.4, -0.2) is 24.2 Å². The SMILES string of the molecule is C#CCN([C@@H]1CCc2ccccc21)S(=O)(=O)c1ccc([N+](=O)[O-])cc1. The van der Waals surface area contributed by atoms with E-state index in [4.69, 9.17) is 6.42 Å². The minimum absolute atomic E-state index is 0.00210. The minimum Gasteiger partial charge on any atom is -0.258 e. The number of non-ortho nitro benzene ring substituents is 1. The van der Waals surface area contributed by atoms with Crippen molar-refractivity contribution < 1.29 is 13.3 Å². The van der Waals surface area contributed by atoms with Gasteiger partial charge in [-0.3, -0.25) is 10.1 Å². The first-order valence-electron chi connectivity index (χ1n) is 7.72. The summed E-state index contributed by atoms with van der Waals surface area (Å²) in [5.74, 6) is 2.42. The van der Waals surface area contributed by atoms with E-state index in [2.05, 4.69) is 5.92 Å². The molecule has 3 rings (SSSR count). The predicted molar refractivity (Wildman–Crippen MR) is 93.3 cm³/mol. The van der Waals surface area contributed by atoms with Gasteiger partial charge in [0.1, 0.15) is 0 Å². The highest BCUT2D eigenvalue weighted by atomic mass is 32.2. The first kappa shape index (κ1) is 17.1. The van der Waals surface area contributed by atoms with E-state index in [-0.39, 0.29) is 23.2 Å². The average Bonchev–Trinajstić information content (AvgIpc) is 3.03. The Kier molecular flexibility index (Phi) is 4.57. The molecule has 0 amide bonds.